The standard InChI is InChI=1S/C17H30N4/c1-4-17(2,3)13-6-7-15-14(12-13)16(20-19-15)21-10-5-8-18-9-11-21/h13,18H,4-12H2,1-3H3,(H,19,20). The number of aryl methyl sites for hydroxylation is 1. The SMILES string of the molecule is CCC(C)(C)C1CCc2[nH]nc(N3CCCNCC3)c2C1. The third kappa shape index (κ3) is 2.96. The van der Waals surface area contributed by atoms with E-state index in [2.05, 4.69) is 41.2 Å². The predicted octanol–water partition coefficient (Wildman–Crippen LogP) is 2.75. The molecule has 4 nitrogen and oxygen atoms in total. The summed E-state index contributed by atoms with van der Waals surface area (Å²) in [5.41, 5.74) is 3.34. The lowest BCUT2D eigenvalue weighted by atomic mass is 9.69. The number of nitrogens with one attached hydrogen (secondary N) is 2. The lowest BCUT2D eigenvalue weighted by Gasteiger charge is -2.36. The molecular weight excluding hydrogens is 260 g/mol. The molecule has 0 amide bonds. The fourth-order valence-corrected chi connectivity index (χ4v) is 3.75. The Bertz CT molecular complexity index is 469. The molecule has 1 fully saturated rings. The summed E-state index contributed by atoms with van der Waals surface area (Å²) in [6.07, 6.45) is 6.14. The minimum absolute atomic E-state index is 0.437. The van der Waals surface area contributed by atoms with Crippen LogP contribution in [-0.2, 0) is 12.8 Å². The van der Waals surface area contributed by atoms with E-state index in [0.29, 0.717) is 5.41 Å². The molecule has 0 spiro atoms. The van der Waals surface area contributed by atoms with Crippen LogP contribution in [0.1, 0.15) is 51.3 Å². The van der Waals surface area contributed by atoms with Crippen LogP contribution in [-0.4, -0.2) is 36.4 Å². The number of hydrogen-bond donors (Lipinski definition) is 2. The zero-order valence-electron chi connectivity index (χ0n) is 13.8. The molecule has 1 saturated heterocycles. The summed E-state index contributed by atoms with van der Waals surface area (Å²) in [5.74, 6) is 2.03. The van der Waals surface area contributed by atoms with Gasteiger partial charge in [0.2, 0.25) is 0 Å². The largest absolute Gasteiger partial charge is 0.354 e. The first kappa shape index (κ1) is 14.9. The molecule has 1 atom stereocenters. The van der Waals surface area contributed by atoms with Gasteiger partial charge >= 0.3 is 0 Å². The summed E-state index contributed by atoms with van der Waals surface area (Å²) in [6.45, 7) is 11.6. The summed E-state index contributed by atoms with van der Waals surface area (Å²) in [4.78, 5) is 2.48. The van der Waals surface area contributed by atoms with Gasteiger partial charge in [0.25, 0.3) is 0 Å². The third-order valence-electron chi connectivity index (χ3n) is 5.78. The molecule has 3 rings (SSSR count). The van der Waals surface area contributed by atoms with Gasteiger partial charge in [-0.25, -0.2) is 0 Å². The Morgan fingerprint density at radius 2 is 2.14 bits per heavy atom. The van der Waals surface area contributed by atoms with Crippen LogP contribution in [0.4, 0.5) is 5.82 Å². The fourth-order valence-electron chi connectivity index (χ4n) is 3.75. The van der Waals surface area contributed by atoms with E-state index in [1.54, 1.807) is 0 Å². The lowest BCUT2D eigenvalue weighted by Crippen LogP contribution is -2.32. The normalized spacial score (nSPS) is 23.8. The average Bonchev–Trinajstić information content (AvgIpc) is 2.73. The molecule has 0 aromatic carbocycles. The van der Waals surface area contributed by atoms with Crippen molar-refractivity contribution in [2.24, 2.45) is 11.3 Å². The highest BCUT2D eigenvalue weighted by Crippen LogP contribution is 2.41. The van der Waals surface area contributed by atoms with Crippen molar-refractivity contribution in [1.82, 2.24) is 15.5 Å². The Hall–Kier alpha value is -1.03. The zero-order valence-corrected chi connectivity index (χ0v) is 13.8. The van der Waals surface area contributed by atoms with E-state index in [1.165, 1.54) is 49.2 Å². The summed E-state index contributed by atoms with van der Waals surface area (Å²) < 4.78 is 0. The summed E-state index contributed by atoms with van der Waals surface area (Å²) in [7, 11) is 0. The molecule has 118 valence electrons. The second-order valence-corrected chi connectivity index (χ2v) is 7.38. The smallest absolute Gasteiger partial charge is 0.153 e. The molecule has 0 saturated carbocycles. The highest BCUT2D eigenvalue weighted by molar-refractivity contribution is 5.50. The van der Waals surface area contributed by atoms with Crippen LogP contribution in [0.25, 0.3) is 0 Å². The molecule has 0 bridgehead atoms. The fraction of sp³-hybridized carbons (Fsp3) is 0.824. The van der Waals surface area contributed by atoms with Gasteiger partial charge in [-0.2, -0.15) is 5.10 Å². The van der Waals surface area contributed by atoms with Crippen LogP contribution >= 0.6 is 0 Å². The van der Waals surface area contributed by atoms with Gasteiger partial charge < -0.3 is 10.2 Å². The van der Waals surface area contributed by atoms with Gasteiger partial charge in [0.05, 0.1) is 0 Å². The number of aromatic nitrogens is 2. The van der Waals surface area contributed by atoms with E-state index in [-0.39, 0.29) is 0 Å². The second kappa shape index (κ2) is 5.99. The number of hydrogen-bond acceptors (Lipinski definition) is 3. The van der Waals surface area contributed by atoms with Crippen LogP contribution in [0, 0.1) is 11.3 Å². The first-order valence-electron chi connectivity index (χ1n) is 8.63. The van der Waals surface area contributed by atoms with Crippen molar-refractivity contribution in [2.45, 2.75) is 52.9 Å². The van der Waals surface area contributed by atoms with Crippen molar-refractivity contribution < 1.29 is 0 Å². The molecule has 1 aromatic rings. The summed E-state index contributed by atoms with van der Waals surface area (Å²) in [5, 5.41) is 11.5. The van der Waals surface area contributed by atoms with Gasteiger partial charge in [0, 0.05) is 30.9 Å². The van der Waals surface area contributed by atoms with Gasteiger partial charge in [0.1, 0.15) is 0 Å². The van der Waals surface area contributed by atoms with E-state index in [9.17, 15) is 0 Å². The first-order chi connectivity index (χ1) is 10.1. The van der Waals surface area contributed by atoms with Crippen molar-refractivity contribution in [3.8, 4) is 0 Å². The lowest BCUT2D eigenvalue weighted by molar-refractivity contribution is 0.182. The average molecular weight is 290 g/mol. The quantitative estimate of drug-likeness (QED) is 0.899. The Kier molecular flexibility index (Phi) is 4.25. The van der Waals surface area contributed by atoms with Gasteiger partial charge in [-0.05, 0) is 43.6 Å². The molecular formula is C17H30N4. The van der Waals surface area contributed by atoms with Crippen LogP contribution in [0.5, 0.6) is 0 Å². The van der Waals surface area contributed by atoms with Crippen LogP contribution < -0.4 is 10.2 Å². The molecule has 1 aromatic heterocycles. The van der Waals surface area contributed by atoms with Crippen LogP contribution in [0.15, 0.2) is 0 Å². The molecule has 1 aliphatic carbocycles. The molecule has 1 unspecified atom stereocenters. The van der Waals surface area contributed by atoms with Gasteiger partial charge in [-0.3, -0.25) is 5.10 Å². The minimum Gasteiger partial charge on any atom is -0.354 e. The Balaban J connectivity index is 1.82. The van der Waals surface area contributed by atoms with Crippen molar-refractivity contribution in [3.05, 3.63) is 11.3 Å². The van der Waals surface area contributed by atoms with Gasteiger partial charge in [0.15, 0.2) is 5.82 Å². The van der Waals surface area contributed by atoms with Crippen LogP contribution in [0.3, 0.4) is 0 Å². The third-order valence-corrected chi connectivity index (χ3v) is 5.78. The minimum atomic E-state index is 0.437. The molecule has 1 aliphatic heterocycles. The first-order valence-corrected chi connectivity index (χ1v) is 8.63. The van der Waals surface area contributed by atoms with E-state index in [0.717, 1.165) is 32.1 Å². The number of fused-ring (bicyclic) bond motifs is 1. The van der Waals surface area contributed by atoms with E-state index >= 15 is 0 Å². The van der Waals surface area contributed by atoms with Crippen molar-refractivity contribution in [3.63, 3.8) is 0 Å². The van der Waals surface area contributed by atoms with Crippen molar-refractivity contribution in [2.75, 3.05) is 31.1 Å². The second-order valence-electron chi connectivity index (χ2n) is 7.38. The van der Waals surface area contributed by atoms with Crippen LogP contribution in [0.2, 0.25) is 0 Å². The zero-order chi connectivity index (χ0) is 14.9. The Morgan fingerprint density at radius 1 is 1.29 bits per heavy atom. The molecule has 2 N–H and O–H groups in total. The molecule has 21 heavy (non-hydrogen) atoms. The Morgan fingerprint density at radius 3 is 2.95 bits per heavy atom. The van der Waals surface area contributed by atoms with Gasteiger partial charge in [-0.15, -0.1) is 0 Å². The maximum absolute atomic E-state index is 4.68. The molecule has 2 aliphatic rings. The summed E-state index contributed by atoms with van der Waals surface area (Å²) in [6, 6.07) is 0. The number of anilines is 1. The number of H-pyrrole nitrogens is 1. The highest BCUT2D eigenvalue weighted by atomic mass is 15.3. The monoisotopic (exact) mass is 290 g/mol. The number of nitrogens with zero attached hydrogens (tertiary/aromatic N) is 2. The van der Waals surface area contributed by atoms with E-state index in [1.807, 2.05) is 0 Å². The van der Waals surface area contributed by atoms with Gasteiger partial charge in [-0.1, -0.05) is 27.2 Å². The predicted molar refractivity (Wildman–Crippen MR) is 87.9 cm³/mol. The maximum atomic E-state index is 4.68. The maximum Gasteiger partial charge on any atom is 0.153 e. The number of rotatable bonds is 3. The van der Waals surface area contributed by atoms with E-state index in [4.69, 9.17) is 0 Å². The van der Waals surface area contributed by atoms with Crippen molar-refractivity contribution in [1.29, 1.82) is 0 Å². The Labute approximate surface area is 128 Å². The van der Waals surface area contributed by atoms with Crippen molar-refractivity contribution >= 4 is 5.82 Å². The van der Waals surface area contributed by atoms with E-state index < -0.39 is 0 Å². The molecule has 2 heterocycles. The highest BCUT2D eigenvalue weighted by Gasteiger charge is 2.34. The molecule has 0 radical (unpaired) electrons. The number of aromatic amines is 1. The molecule has 4 heteroatoms. The topological polar surface area (TPSA) is 44.0 Å². The summed E-state index contributed by atoms with van der Waals surface area (Å²) >= 11 is 0.